The number of aromatic amines is 1. The third-order valence-electron chi connectivity index (χ3n) is 6.31. The molecule has 0 saturated carbocycles. The third-order valence-corrected chi connectivity index (χ3v) is 6.31. The summed E-state index contributed by atoms with van der Waals surface area (Å²) in [5.74, 6) is -0.0839. The van der Waals surface area contributed by atoms with Crippen LogP contribution < -0.4 is 14.8 Å². The lowest BCUT2D eigenvalue weighted by atomic mass is 9.94. The summed E-state index contributed by atoms with van der Waals surface area (Å²) in [6.45, 7) is 4.47. The number of hydrogen-bond donors (Lipinski definition) is 3. The molecule has 0 aliphatic carbocycles. The third kappa shape index (κ3) is 7.34. The van der Waals surface area contributed by atoms with E-state index in [1.807, 2.05) is 56.4 Å². The van der Waals surface area contributed by atoms with Crippen molar-refractivity contribution >= 4 is 16.9 Å². The number of nitrogens with one attached hydrogen (secondary N) is 2. The number of ether oxygens (including phenoxy) is 3. The van der Waals surface area contributed by atoms with E-state index in [1.54, 1.807) is 12.1 Å². The van der Waals surface area contributed by atoms with Crippen molar-refractivity contribution in [2.24, 2.45) is 0 Å². The highest BCUT2D eigenvalue weighted by Gasteiger charge is 2.36. The molecule has 1 heterocycles. The molecule has 0 aliphatic rings. The number of esters is 1. The van der Waals surface area contributed by atoms with Gasteiger partial charge in [-0.05, 0) is 74.4 Å². The van der Waals surface area contributed by atoms with Crippen LogP contribution in [0.4, 0.5) is 13.2 Å². The maximum atomic E-state index is 13.5. The van der Waals surface area contributed by atoms with Gasteiger partial charge in [-0.25, -0.2) is 4.79 Å². The van der Waals surface area contributed by atoms with E-state index in [-0.39, 0.29) is 17.9 Å². The van der Waals surface area contributed by atoms with Crippen LogP contribution >= 0.6 is 0 Å². The molecule has 10 heteroatoms. The molecule has 3 N–H and O–H groups in total. The van der Waals surface area contributed by atoms with Crippen molar-refractivity contribution in [3.05, 3.63) is 89.6 Å². The van der Waals surface area contributed by atoms with Gasteiger partial charge in [0, 0.05) is 29.2 Å². The van der Waals surface area contributed by atoms with Crippen LogP contribution in [0.25, 0.3) is 10.9 Å². The number of halogens is 3. The number of methoxy groups -OCH3 is 1. The first-order valence-electron chi connectivity index (χ1n) is 12.6. The zero-order valence-corrected chi connectivity index (χ0v) is 22.3. The number of alkyl halides is 3. The second-order valence-corrected chi connectivity index (χ2v) is 10.0. The Bertz CT molecular complexity index is 1450. The maximum Gasteiger partial charge on any atom is 0.417 e. The topological polar surface area (TPSA) is 92.8 Å². The van der Waals surface area contributed by atoms with Crippen LogP contribution in [0, 0.1) is 0 Å². The minimum absolute atomic E-state index is 0.0568. The number of carbonyl (C=O) groups excluding carboxylic acids is 1. The normalized spacial score (nSPS) is 12.8. The first-order chi connectivity index (χ1) is 18.9. The van der Waals surface area contributed by atoms with E-state index in [2.05, 4.69) is 15.0 Å². The summed E-state index contributed by atoms with van der Waals surface area (Å²) in [6.07, 6.45) is -3.02. The van der Waals surface area contributed by atoms with Gasteiger partial charge >= 0.3 is 12.1 Å². The van der Waals surface area contributed by atoms with Gasteiger partial charge in [0.25, 0.3) is 0 Å². The molecule has 1 aromatic heterocycles. The monoisotopic (exact) mass is 556 g/mol. The van der Waals surface area contributed by atoms with E-state index in [4.69, 9.17) is 9.47 Å². The Balaban J connectivity index is 1.31. The molecule has 7 nitrogen and oxygen atoms in total. The van der Waals surface area contributed by atoms with Gasteiger partial charge < -0.3 is 29.6 Å². The van der Waals surface area contributed by atoms with Crippen molar-refractivity contribution < 1.29 is 37.3 Å². The van der Waals surface area contributed by atoms with E-state index in [0.717, 1.165) is 35.7 Å². The number of hydrogen-bond acceptors (Lipinski definition) is 6. The number of aromatic nitrogens is 1. The van der Waals surface area contributed by atoms with Crippen molar-refractivity contribution in [3.63, 3.8) is 0 Å². The molecule has 0 aliphatic heterocycles. The number of carbonyl (C=O) groups is 1. The fraction of sp³-hybridized carbons (Fsp3) is 0.300. The fourth-order valence-corrected chi connectivity index (χ4v) is 4.32. The van der Waals surface area contributed by atoms with E-state index in [9.17, 15) is 23.1 Å². The zero-order valence-electron chi connectivity index (χ0n) is 22.3. The molecule has 4 aromatic rings. The highest BCUT2D eigenvalue weighted by Crippen LogP contribution is 2.36. The molecule has 0 saturated heterocycles. The van der Waals surface area contributed by atoms with Crippen LogP contribution in [-0.4, -0.2) is 48.0 Å². The zero-order chi connectivity index (χ0) is 28.9. The lowest BCUT2D eigenvalue weighted by Gasteiger charge is -2.28. The predicted molar refractivity (Wildman–Crippen MR) is 145 cm³/mol. The molecule has 0 bridgehead atoms. The van der Waals surface area contributed by atoms with Crippen LogP contribution in [0.2, 0.25) is 0 Å². The van der Waals surface area contributed by atoms with Crippen LogP contribution in [-0.2, 0) is 17.3 Å². The summed E-state index contributed by atoms with van der Waals surface area (Å²) in [4.78, 5) is 14.8. The second-order valence-electron chi connectivity index (χ2n) is 10.0. The van der Waals surface area contributed by atoms with E-state index in [0.29, 0.717) is 24.5 Å². The van der Waals surface area contributed by atoms with Crippen molar-refractivity contribution in [2.45, 2.75) is 38.1 Å². The molecule has 0 unspecified atom stereocenters. The molecule has 40 heavy (non-hydrogen) atoms. The standard InChI is InChI=1S/C30H31F3N2O5/c1-29(2,35-17-20(36)18-39-27-6-4-5-26-24(27)13-14-34-26)16-19-7-9-21(10-8-19)40-22-11-12-23(28(37)38-3)25(15-22)30(31,32)33/h4-15,20,34-36H,16-18H2,1-3H3/t20-/m0/s1. The number of aliphatic hydroxyl groups is 1. The Morgan fingerprint density at radius 3 is 2.45 bits per heavy atom. The highest BCUT2D eigenvalue weighted by atomic mass is 19.4. The average molecular weight is 557 g/mol. The maximum absolute atomic E-state index is 13.5. The van der Waals surface area contributed by atoms with Gasteiger partial charge in [-0.1, -0.05) is 18.2 Å². The van der Waals surface area contributed by atoms with Crippen LogP contribution in [0.3, 0.4) is 0 Å². The Kier molecular flexibility index (Phi) is 8.70. The lowest BCUT2D eigenvalue weighted by molar-refractivity contribution is -0.138. The number of benzene rings is 3. The Morgan fingerprint density at radius 2 is 1.75 bits per heavy atom. The smallest absolute Gasteiger partial charge is 0.417 e. The molecule has 212 valence electrons. The summed E-state index contributed by atoms with van der Waals surface area (Å²) >= 11 is 0. The lowest BCUT2D eigenvalue weighted by Crippen LogP contribution is -2.46. The number of aliphatic hydroxyl groups excluding tert-OH is 1. The average Bonchev–Trinajstić information content (AvgIpc) is 3.40. The minimum atomic E-state index is -4.75. The Labute approximate surface area is 229 Å². The molecular weight excluding hydrogens is 525 g/mol. The van der Waals surface area contributed by atoms with E-state index in [1.165, 1.54) is 6.07 Å². The Morgan fingerprint density at radius 1 is 1.02 bits per heavy atom. The van der Waals surface area contributed by atoms with Crippen LogP contribution in [0.15, 0.2) is 72.9 Å². The predicted octanol–water partition coefficient (Wildman–Crippen LogP) is 6.12. The molecule has 0 amide bonds. The fourth-order valence-electron chi connectivity index (χ4n) is 4.32. The van der Waals surface area contributed by atoms with Crippen LogP contribution in [0.5, 0.6) is 17.2 Å². The quantitative estimate of drug-likeness (QED) is 0.193. The summed E-state index contributed by atoms with van der Waals surface area (Å²) < 4.78 is 56.3. The number of β-amino-alcohol motifs (C(OH)–C–C–N with tert-alkyl or cyclic N) is 1. The second kappa shape index (κ2) is 12.0. The molecule has 0 spiro atoms. The molecular formula is C30H31F3N2O5. The van der Waals surface area contributed by atoms with Gasteiger partial charge in [0.05, 0.1) is 18.2 Å². The molecule has 0 fully saturated rings. The summed E-state index contributed by atoms with van der Waals surface area (Å²) in [6, 6.07) is 17.7. The van der Waals surface area contributed by atoms with Gasteiger partial charge in [-0.15, -0.1) is 0 Å². The van der Waals surface area contributed by atoms with Gasteiger partial charge in [0.2, 0.25) is 0 Å². The number of H-pyrrole nitrogens is 1. The summed E-state index contributed by atoms with van der Waals surface area (Å²) in [5, 5.41) is 14.8. The Hall–Kier alpha value is -4.02. The SMILES string of the molecule is COC(=O)c1ccc(Oc2ccc(CC(C)(C)NC[C@H](O)COc3cccc4[nH]ccc34)cc2)cc1C(F)(F)F. The number of fused-ring (bicyclic) bond motifs is 1. The van der Waals surface area contributed by atoms with Crippen LogP contribution in [0.1, 0.15) is 35.3 Å². The molecule has 1 atom stereocenters. The largest absolute Gasteiger partial charge is 0.490 e. The van der Waals surface area contributed by atoms with Gasteiger partial charge in [-0.3, -0.25) is 0 Å². The molecule has 3 aromatic carbocycles. The minimum Gasteiger partial charge on any atom is -0.490 e. The number of rotatable bonds is 11. The van der Waals surface area contributed by atoms with E-state index >= 15 is 0 Å². The van der Waals surface area contributed by atoms with Crippen molar-refractivity contribution in [1.82, 2.24) is 10.3 Å². The molecule has 0 radical (unpaired) electrons. The summed E-state index contributed by atoms with van der Waals surface area (Å²) in [5.41, 5.74) is -0.149. The van der Waals surface area contributed by atoms with Crippen molar-refractivity contribution in [1.29, 1.82) is 0 Å². The first-order valence-corrected chi connectivity index (χ1v) is 12.6. The van der Waals surface area contributed by atoms with Gasteiger partial charge in [-0.2, -0.15) is 13.2 Å². The first kappa shape index (κ1) is 29.0. The van der Waals surface area contributed by atoms with Crippen molar-refractivity contribution in [3.8, 4) is 17.2 Å². The van der Waals surface area contributed by atoms with Gasteiger partial charge in [0.15, 0.2) is 0 Å². The molecule has 4 rings (SSSR count). The summed E-state index contributed by atoms with van der Waals surface area (Å²) in [7, 11) is 1.02. The van der Waals surface area contributed by atoms with Gasteiger partial charge in [0.1, 0.15) is 30.0 Å². The van der Waals surface area contributed by atoms with Crippen molar-refractivity contribution in [2.75, 3.05) is 20.3 Å². The van der Waals surface area contributed by atoms with E-state index < -0.39 is 29.4 Å². The highest BCUT2D eigenvalue weighted by molar-refractivity contribution is 5.91.